The van der Waals surface area contributed by atoms with Crippen molar-refractivity contribution in [3.63, 3.8) is 0 Å². The predicted molar refractivity (Wildman–Crippen MR) is 89.1 cm³/mol. The van der Waals surface area contributed by atoms with E-state index in [-0.39, 0.29) is 6.61 Å². The standard InChI is InChI=1S/C16H13F2N3O5S/c17-11-6-5-10(7-12(11)18)27(24,25)20-19-15(22)8-21-13-3-1-2-4-14(13)26-9-16(21)23/h1-7,20H,8-9H2,(H,19,22). The molecule has 27 heavy (non-hydrogen) atoms. The number of rotatable bonds is 5. The van der Waals surface area contributed by atoms with Crippen LogP contribution >= 0.6 is 0 Å². The molecule has 0 fully saturated rings. The Morgan fingerprint density at radius 2 is 1.89 bits per heavy atom. The van der Waals surface area contributed by atoms with Crippen LogP contribution in [0.3, 0.4) is 0 Å². The number of fused-ring (bicyclic) bond motifs is 1. The van der Waals surface area contributed by atoms with Gasteiger partial charge in [-0.15, -0.1) is 4.83 Å². The Balaban J connectivity index is 1.68. The van der Waals surface area contributed by atoms with Crippen LogP contribution in [0.15, 0.2) is 47.4 Å². The highest BCUT2D eigenvalue weighted by atomic mass is 32.2. The van der Waals surface area contributed by atoms with Crippen LogP contribution < -0.4 is 19.9 Å². The largest absolute Gasteiger partial charge is 0.482 e. The third kappa shape index (κ3) is 4.04. The van der Waals surface area contributed by atoms with Crippen molar-refractivity contribution >= 4 is 27.5 Å². The van der Waals surface area contributed by atoms with Crippen LogP contribution in [0.1, 0.15) is 0 Å². The maximum Gasteiger partial charge on any atom is 0.265 e. The highest BCUT2D eigenvalue weighted by Gasteiger charge is 2.27. The molecule has 0 aromatic heterocycles. The van der Waals surface area contributed by atoms with E-state index in [2.05, 4.69) is 0 Å². The summed E-state index contributed by atoms with van der Waals surface area (Å²) < 4.78 is 55.4. The summed E-state index contributed by atoms with van der Waals surface area (Å²) >= 11 is 0. The Labute approximate surface area is 152 Å². The number of hydrogen-bond acceptors (Lipinski definition) is 5. The maximum atomic E-state index is 13.2. The molecule has 1 aliphatic heterocycles. The quantitative estimate of drug-likeness (QED) is 0.723. The van der Waals surface area contributed by atoms with Crippen LogP contribution in [0.25, 0.3) is 0 Å². The van der Waals surface area contributed by atoms with Crippen molar-refractivity contribution in [3.8, 4) is 5.75 Å². The van der Waals surface area contributed by atoms with E-state index in [0.29, 0.717) is 23.6 Å². The molecule has 2 amide bonds. The zero-order valence-corrected chi connectivity index (χ0v) is 14.4. The van der Waals surface area contributed by atoms with Gasteiger partial charge in [0.15, 0.2) is 18.2 Å². The van der Waals surface area contributed by atoms with Gasteiger partial charge in [0.25, 0.3) is 21.8 Å². The third-order valence-corrected chi connectivity index (χ3v) is 4.88. The van der Waals surface area contributed by atoms with E-state index in [1.165, 1.54) is 0 Å². The molecule has 11 heteroatoms. The molecule has 8 nitrogen and oxygen atoms in total. The Bertz CT molecular complexity index is 1010. The number of nitrogens with zero attached hydrogens (tertiary/aromatic N) is 1. The zero-order chi connectivity index (χ0) is 19.6. The molecule has 1 heterocycles. The number of carbonyl (C=O) groups excluding carboxylic acids is 2. The van der Waals surface area contributed by atoms with Crippen LogP contribution in [0.5, 0.6) is 5.75 Å². The second-order valence-corrected chi connectivity index (χ2v) is 7.15. The van der Waals surface area contributed by atoms with Gasteiger partial charge in [-0.2, -0.15) is 0 Å². The number of hydrogen-bond donors (Lipinski definition) is 2. The fourth-order valence-electron chi connectivity index (χ4n) is 2.34. The van der Waals surface area contributed by atoms with Crippen molar-refractivity contribution in [2.24, 2.45) is 0 Å². The van der Waals surface area contributed by atoms with Gasteiger partial charge >= 0.3 is 0 Å². The van der Waals surface area contributed by atoms with E-state index in [4.69, 9.17) is 4.74 Å². The second-order valence-electron chi connectivity index (χ2n) is 5.47. The average Bonchev–Trinajstić information content (AvgIpc) is 2.64. The lowest BCUT2D eigenvalue weighted by atomic mass is 10.2. The average molecular weight is 397 g/mol. The summed E-state index contributed by atoms with van der Waals surface area (Å²) in [6.07, 6.45) is 0. The van der Waals surface area contributed by atoms with Gasteiger partial charge in [0, 0.05) is 0 Å². The Hall–Kier alpha value is -3.05. The number of halogens is 2. The van der Waals surface area contributed by atoms with E-state index < -0.39 is 44.9 Å². The van der Waals surface area contributed by atoms with Gasteiger partial charge in [-0.05, 0) is 30.3 Å². The fraction of sp³-hybridized carbons (Fsp3) is 0.125. The van der Waals surface area contributed by atoms with E-state index in [0.717, 1.165) is 11.0 Å². The first kappa shape index (κ1) is 18.7. The van der Waals surface area contributed by atoms with Crippen LogP contribution in [-0.4, -0.2) is 33.4 Å². The molecular weight excluding hydrogens is 384 g/mol. The van der Waals surface area contributed by atoms with Crippen LogP contribution in [0, 0.1) is 11.6 Å². The van der Waals surface area contributed by atoms with Crippen molar-refractivity contribution in [1.82, 2.24) is 10.3 Å². The minimum Gasteiger partial charge on any atom is -0.482 e. The number of carbonyl (C=O) groups is 2. The summed E-state index contributed by atoms with van der Waals surface area (Å²) in [4.78, 5) is 26.4. The van der Waals surface area contributed by atoms with E-state index in [1.807, 2.05) is 5.43 Å². The molecule has 2 aromatic rings. The Kier molecular flexibility index (Phi) is 5.06. The van der Waals surface area contributed by atoms with Gasteiger partial charge in [0.2, 0.25) is 0 Å². The van der Waals surface area contributed by atoms with Crippen molar-refractivity contribution < 1.29 is 31.5 Å². The molecule has 0 spiro atoms. The van der Waals surface area contributed by atoms with E-state index in [1.54, 1.807) is 29.1 Å². The molecule has 0 aliphatic carbocycles. The molecule has 2 N–H and O–H groups in total. The zero-order valence-electron chi connectivity index (χ0n) is 13.6. The van der Waals surface area contributed by atoms with Crippen molar-refractivity contribution in [1.29, 1.82) is 0 Å². The number of anilines is 1. The van der Waals surface area contributed by atoms with Crippen molar-refractivity contribution in [2.75, 3.05) is 18.1 Å². The molecule has 2 aromatic carbocycles. The summed E-state index contributed by atoms with van der Waals surface area (Å²) in [5, 5.41) is 0. The first-order chi connectivity index (χ1) is 12.8. The molecule has 0 saturated heterocycles. The third-order valence-electron chi connectivity index (χ3n) is 3.64. The molecule has 0 atom stereocenters. The number of hydrazine groups is 1. The number of ether oxygens (including phenoxy) is 1. The lowest BCUT2D eigenvalue weighted by molar-refractivity contribution is -0.125. The van der Waals surface area contributed by atoms with E-state index in [9.17, 15) is 26.8 Å². The summed E-state index contributed by atoms with van der Waals surface area (Å²) in [6, 6.07) is 8.51. The number of amides is 2. The lowest BCUT2D eigenvalue weighted by Gasteiger charge is -2.28. The topological polar surface area (TPSA) is 105 Å². The SMILES string of the molecule is O=C(CN1C(=O)COc2ccccc21)NNS(=O)(=O)c1ccc(F)c(F)c1. The molecule has 0 radical (unpaired) electrons. The minimum absolute atomic E-state index is 0.259. The first-order valence-electron chi connectivity index (χ1n) is 7.56. The highest BCUT2D eigenvalue weighted by Crippen LogP contribution is 2.31. The maximum absolute atomic E-state index is 13.2. The van der Waals surface area contributed by atoms with Gasteiger partial charge < -0.3 is 4.74 Å². The van der Waals surface area contributed by atoms with Crippen molar-refractivity contribution in [2.45, 2.75) is 4.90 Å². The number of para-hydroxylation sites is 2. The van der Waals surface area contributed by atoms with Gasteiger partial charge in [-0.3, -0.25) is 19.9 Å². The number of sulfonamides is 1. The predicted octanol–water partition coefficient (Wildman–Crippen LogP) is 0.700. The summed E-state index contributed by atoms with van der Waals surface area (Å²) in [7, 11) is -4.33. The molecule has 0 unspecified atom stereocenters. The Morgan fingerprint density at radius 1 is 1.15 bits per heavy atom. The normalized spacial score (nSPS) is 13.7. The van der Waals surface area contributed by atoms with Crippen LogP contribution in [-0.2, 0) is 19.6 Å². The first-order valence-corrected chi connectivity index (χ1v) is 9.04. The molecule has 0 saturated carbocycles. The monoisotopic (exact) mass is 397 g/mol. The smallest absolute Gasteiger partial charge is 0.265 e. The molecule has 142 valence electrons. The second kappa shape index (κ2) is 7.29. The molecular formula is C16H13F2N3O5S. The highest BCUT2D eigenvalue weighted by molar-refractivity contribution is 7.89. The van der Waals surface area contributed by atoms with Crippen LogP contribution in [0.2, 0.25) is 0 Å². The van der Waals surface area contributed by atoms with Gasteiger partial charge in [0.05, 0.1) is 10.6 Å². The van der Waals surface area contributed by atoms with Gasteiger partial charge in [-0.25, -0.2) is 17.2 Å². The molecule has 3 rings (SSSR count). The fourth-order valence-corrected chi connectivity index (χ4v) is 3.21. The summed E-state index contributed by atoms with van der Waals surface area (Å²) in [5.41, 5.74) is 2.29. The summed E-state index contributed by atoms with van der Waals surface area (Å²) in [6.45, 7) is -0.732. The van der Waals surface area contributed by atoms with Crippen molar-refractivity contribution in [3.05, 3.63) is 54.1 Å². The van der Waals surface area contributed by atoms with Gasteiger partial charge in [-0.1, -0.05) is 12.1 Å². The Morgan fingerprint density at radius 3 is 2.63 bits per heavy atom. The van der Waals surface area contributed by atoms with Gasteiger partial charge in [0.1, 0.15) is 12.3 Å². The lowest BCUT2D eigenvalue weighted by Crippen LogP contribution is -2.49. The van der Waals surface area contributed by atoms with Crippen LogP contribution in [0.4, 0.5) is 14.5 Å². The number of nitrogens with one attached hydrogen (secondary N) is 2. The molecule has 0 bridgehead atoms. The molecule has 1 aliphatic rings. The minimum atomic E-state index is -4.33. The van der Waals surface area contributed by atoms with E-state index >= 15 is 0 Å². The number of benzene rings is 2. The summed E-state index contributed by atoms with van der Waals surface area (Å²) in [5.74, 6) is -3.46.